The Kier molecular flexibility index (Phi) is 5.19. The standard InChI is InChI=1S/C23H28F2N6/c1-5-23(8-6-7-9-23)19-10-16(22(4,24)25)11-21(29-19)31-18-12-20(28-15(3)26)27-13-17(18)14(2)30-31/h10-13H,3,5-9,26H2,1-2,4H3,(H,27,28). The third kappa shape index (κ3) is 3.86. The van der Waals surface area contributed by atoms with E-state index in [2.05, 4.69) is 28.9 Å². The molecule has 0 saturated heterocycles. The molecule has 3 aromatic heterocycles. The zero-order chi connectivity index (χ0) is 22.4. The van der Waals surface area contributed by atoms with E-state index in [0.717, 1.165) is 55.8 Å². The molecule has 0 aromatic carbocycles. The SMILES string of the molecule is C=C(N)Nc1cc2c(cn1)c(C)nn2-c1cc(C(C)(F)F)cc(C2(CC)CCCC2)n1. The van der Waals surface area contributed by atoms with E-state index in [-0.39, 0.29) is 16.8 Å². The molecule has 0 spiro atoms. The van der Waals surface area contributed by atoms with E-state index in [0.29, 0.717) is 17.2 Å². The molecule has 3 aromatic rings. The Hall–Kier alpha value is -3.03. The summed E-state index contributed by atoms with van der Waals surface area (Å²) in [6, 6.07) is 4.80. The van der Waals surface area contributed by atoms with Gasteiger partial charge in [-0.2, -0.15) is 5.10 Å². The van der Waals surface area contributed by atoms with Gasteiger partial charge in [-0.3, -0.25) is 0 Å². The third-order valence-electron chi connectivity index (χ3n) is 6.36. The number of anilines is 1. The number of hydrogen-bond donors (Lipinski definition) is 2. The highest BCUT2D eigenvalue weighted by atomic mass is 19.3. The molecule has 3 N–H and O–H groups in total. The number of fused-ring (bicyclic) bond motifs is 1. The summed E-state index contributed by atoms with van der Waals surface area (Å²) in [4.78, 5) is 9.21. The van der Waals surface area contributed by atoms with Crippen LogP contribution >= 0.6 is 0 Å². The molecule has 0 unspecified atom stereocenters. The van der Waals surface area contributed by atoms with Gasteiger partial charge in [0.15, 0.2) is 5.82 Å². The number of nitrogens with zero attached hydrogens (tertiary/aromatic N) is 4. The third-order valence-corrected chi connectivity index (χ3v) is 6.36. The van der Waals surface area contributed by atoms with Crippen LogP contribution in [-0.4, -0.2) is 19.7 Å². The lowest BCUT2D eigenvalue weighted by Crippen LogP contribution is -2.24. The molecule has 0 aliphatic heterocycles. The van der Waals surface area contributed by atoms with Gasteiger partial charge < -0.3 is 11.1 Å². The zero-order valence-corrected chi connectivity index (χ0v) is 18.2. The van der Waals surface area contributed by atoms with E-state index >= 15 is 0 Å². The van der Waals surface area contributed by atoms with E-state index in [9.17, 15) is 8.78 Å². The molecule has 0 radical (unpaired) electrons. The molecule has 1 aliphatic rings. The first kappa shape index (κ1) is 21.2. The highest BCUT2D eigenvalue weighted by Crippen LogP contribution is 2.44. The van der Waals surface area contributed by atoms with Crippen LogP contribution in [0.15, 0.2) is 36.8 Å². The van der Waals surface area contributed by atoms with Crippen LogP contribution in [0.5, 0.6) is 0 Å². The second-order valence-electron chi connectivity index (χ2n) is 8.56. The number of pyridine rings is 2. The van der Waals surface area contributed by atoms with Gasteiger partial charge in [0.05, 0.1) is 17.0 Å². The van der Waals surface area contributed by atoms with Crippen molar-refractivity contribution in [3.63, 3.8) is 0 Å². The molecule has 31 heavy (non-hydrogen) atoms. The number of rotatable bonds is 6. The van der Waals surface area contributed by atoms with Crippen molar-refractivity contribution in [3.05, 3.63) is 53.7 Å². The predicted octanol–water partition coefficient (Wildman–Crippen LogP) is 5.30. The van der Waals surface area contributed by atoms with Gasteiger partial charge in [0.25, 0.3) is 5.92 Å². The fourth-order valence-corrected chi connectivity index (χ4v) is 4.56. The predicted molar refractivity (Wildman–Crippen MR) is 118 cm³/mol. The summed E-state index contributed by atoms with van der Waals surface area (Å²) in [6.45, 7) is 8.53. The maximum atomic E-state index is 14.5. The number of nitrogens with two attached hydrogens (primary N) is 1. The molecule has 1 fully saturated rings. The number of hydrogen-bond acceptors (Lipinski definition) is 5. The summed E-state index contributed by atoms with van der Waals surface area (Å²) in [5, 5.41) is 8.31. The van der Waals surface area contributed by atoms with Crippen molar-refractivity contribution in [2.24, 2.45) is 5.73 Å². The van der Waals surface area contributed by atoms with Crippen molar-refractivity contribution in [2.45, 2.75) is 64.2 Å². The van der Waals surface area contributed by atoms with E-state index in [1.165, 1.54) is 6.07 Å². The number of aryl methyl sites for hydroxylation is 1. The molecular formula is C23H28F2N6. The van der Waals surface area contributed by atoms with Crippen molar-refractivity contribution in [2.75, 3.05) is 5.32 Å². The summed E-state index contributed by atoms with van der Waals surface area (Å²) < 4.78 is 30.6. The first-order chi connectivity index (χ1) is 14.6. The molecule has 1 saturated carbocycles. The average molecular weight is 427 g/mol. The topological polar surface area (TPSA) is 81.6 Å². The van der Waals surface area contributed by atoms with Gasteiger partial charge in [0, 0.05) is 41.2 Å². The first-order valence-electron chi connectivity index (χ1n) is 10.6. The summed E-state index contributed by atoms with van der Waals surface area (Å²) in [5.74, 6) is -1.84. The zero-order valence-electron chi connectivity index (χ0n) is 18.2. The molecule has 8 heteroatoms. The molecule has 4 rings (SSSR count). The Bertz CT molecular complexity index is 1140. The smallest absolute Gasteiger partial charge is 0.270 e. The van der Waals surface area contributed by atoms with Crippen molar-refractivity contribution in [1.29, 1.82) is 0 Å². The number of alkyl halides is 2. The van der Waals surface area contributed by atoms with Gasteiger partial charge in [-0.05, 0) is 38.3 Å². The maximum Gasteiger partial charge on any atom is 0.270 e. The second-order valence-corrected chi connectivity index (χ2v) is 8.56. The lowest BCUT2D eigenvalue weighted by Gasteiger charge is -2.28. The fraction of sp³-hybridized carbons (Fsp3) is 0.435. The quantitative estimate of drug-likeness (QED) is 0.559. The molecule has 1 aliphatic carbocycles. The van der Waals surface area contributed by atoms with Gasteiger partial charge in [-0.1, -0.05) is 26.3 Å². The van der Waals surface area contributed by atoms with Crippen LogP contribution in [0.4, 0.5) is 14.6 Å². The molecule has 6 nitrogen and oxygen atoms in total. The van der Waals surface area contributed by atoms with E-state index in [4.69, 9.17) is 10.7 Å². The summed E-state index contributed by atoms with van der Waals surface area (Å²) >= 11 is 0. The lowest BCUT2D eigenvalue weighted by atomic mass is 9.79. The number of aromatic nitrogens is 4. The van der Waals surface area contributed by atoms with Crippen LogP contribution in [0.25, 0.3) is 16.7 Å². The minimum absolute atomic E-state index is 0.0451. The van der Waals surface area contributed by atoms with Gasteiger partial charge in [0.2, 0.25) is 0 Å². The molecule has 164 valence electrons. The average Bonchev–Trinajstić information content (AvgIpc) is 3.32. The van der Waals surface area contributed by atoms with Crippen molar-refractivity contribution in [3.8, 4) is 5.82 Å². The molecular weight excluding hydrogens is 398 g/mol. The second kappa shape index (κ2) is 7.59. The summed E-state index contributed by atoms with van der Waals surface area (Å²) in [6.07, 6.45) is 6.65. The number of nitrogens with one attached hydrogen (secondary N) is 1. The highest BCUT2D eigenvalue weighted by molar-refractivity contribution is 5.84. The summed E-state index contributed by atoms with van der Waals surface area (Å²) in [7, 11) is 0. The highest BCUT2D eigenvalue weighted by Gasteiger charge is 2.37. The number of halogens is 2. The van der Waals surface area contributed by atoms with Crippen molar-refractivity contribution in [1.82, 2.24) is 19.7 Å². The van der Waals surface area contributed by atoms with Crippen LogP contribution in [0.2, 0.25) is 0 Å². The van der Waals surface area contributed by atoms with Crippen LogP contribution in [0, 0.1) is 6.92 Å². The minimum Gasteiger partial charge on any atom is -0.386 e. The first-order valence-corrected chi connectivity index (χ1v) is 10.6. The van der Waals surface area contributed by atoms with E-state index in [1.54, 1.807) is 23.0 Å². The molecule has 0 bridgehead atoms. The van der Waals surface area contributed by atoms with Crippen LogP contribution in [-0.2, 0) is 11.3 Å². The normalized spacial score (nSPS) is 16.0. The van der Waals surface area contributed by atoms with Crippen LogP contribution < -0.4 is 11.1 Å². The van der Waals surface area contributed by atoms with Gasteiger partial charge >= 0.3 is 0 Å². The van der Waals surface area contributed by atoms with Crippen molar-refractivity contribution < 1.29 is 8.78 Å². The Labute approximate surface area is 180 Å². The Morgan fingerprint density at radius 1 is 1.29 bits per heavy atom. The summed E-state index contributed by atoms with van der Waals surface area (Å²) in [5.41, 5.74) is 7.61. The van der Waals surface area contributed by atoms with Gasteiger partial charge in [-0.25, -0.2) is 23.4 Å². The lowest BCUT2D eigenvalue weighted by molar-refractivity contribution is 0.0171. The Morgan fingerprint density at radius 2 is 2.00 bits per heavy atom. The molecule has 0 amide bonds. The molecule has 3 heterocycles. The van der Waals surface area contributed by atoms with Crippen LogP contribution in [0.3, 0.4) is 0 Å². The van der Waals surface area contributed by atoms with Gasteiger partial charge in [-0.15, -0.1) is 0 Å². The Morgan fingerprint density at radius 3 is 2.61 bits per heavy atom. The van der Waals surface area contributed by atoms with E-state index < -0.39 is 5.92 Å². The van der Waals surface area contributed by atoms with Crippen LogP contribution in [0.1, 0.15) is 62.9 Å². The fourth-order valence-electron chi connectivity index (χ4n) is 4.56. The minimum atomic E-state index is -2.98. The molecule has 0 atom stereocenters. The Balaban J connectivity index is 1.94. The maximum absolute atomic E-state index is 14.5. The largest absolute Gasteiger partial charge is 0.386 e. The van der Waals surface area contributed by atoms with Crippen molar-refractivity contribution >= 4 is 16.7 Å². The monoisotopic (exact) mass is 426 g/mol. The van der Waals surface area contributed by atoms with Gasteiger partial charge in [0.1, 0.15) is 5.82 Å². The van der Waals surface area contributed by atoms with E-state index in [1.807, 2.05) is 6.92 Å².